The van der Waals surface area contributed by atoms with Gasteiger partial charge in [-0.05, 0) is 37.2 Å². The van der Waals surface area contributed by atoms with Crippen molar-refractivity contribution in [2.45, 2.75) is 26.3 Å². The molecular formula is C22H30N2O3. The number of benzene rings is 2. The van der Waals surface area contributed by atoms with Gasteiger partial charge in [-0.25, -0.2) is 0 Å². The zero-order valence-corrected chi connectivity index (χ0v) is 16.7. The Kier molecular flexibility index (Phi) is 8.14. The van der Waals surface area contributed by atoms with E-state index in [2.05, 4.69) is 36.2 Å². The molecule has 2 aromatic carbocycles. The molecule has 0 aliphatic carbocycles. The number of carbonyl (C=O) groups is 1. The second-order valence-electron chi connectivity index (χ2n) is 6.32. The minimum atomic E-state index is -0.157. The molecule has 0 fully saturated rings. The molecule has 2 rings (SSSR count). The van der Waals surface area contributed by atoms with E-state index < -0.39 is 0 Å². The van der Waals surface area contributed by atoms with Crippen LogP contribution >= 0.6 is 0 Å². The first-order valence-corrected chi connectivity index (χ1v) is 9.41. The number of ether oxygens (including phenoxy) is 2. The zero-order valence-electron chi connectivity index (χ0n) is 16.7. The molecule has 1 amide bonds. The minimum Gasteiger partial charge on any atom is -0.493 e. The van der Waals surface area contributed by atoms with Crippen LogP contribution in [0, 0.1) is 0 Å². The monoisotopic (exact) mass is 370 g/mol. The summed E-state index contributed by atoms with van der Waals surface area (Å²) in [5.74, 6) is 0.852. The van der Waals surface area contributed by atoms with Gasteiger partial charge in [0, 0.05) is 12.6 Å². The summed E-state index contributed by atoms with van der Waals surface area (Å²) in [5, 5.41) is 3.08. The molecule has 27 heavy (non-hydrogen) atoms. The number of hydrogen-bond donors (Lipinski definition) is 1. The van der Waals surface area contributed by atoms with E-state index in [1.807, 2.05) is 18.2 Å². The molecule has 0 saturated heterocycles. The van der Waals surface area contributed by atoms with E-state index in [-0.39, 0.29) is 11.9 Å². The van der Waals surface area contributed by atoms with Crippen molar-refractivity contribution in [3.8, 4) is 11.5 Å². The van der Waals surface area contributed by atoms with E-state index >= 15 is 0 Å². The van der Waals surface area contributed by atoms with E-state index in [0.717, 1.165) is 19.5 Å². The molecule has 1 N–H and O–H groups in total. The Morgan fingerprint density at radius 3 is 2.30 bits per heavy atom. The van der Waals surface area contributed by atoms with Crippen LogP contribution in [0.2, 0.25) is 0 Å². The molecule has 146 valence electrons. The summed E-state index contributed by atoms with van der Waals surface area (Å²) in [6, 6.07) is 15.9. The van der Waals surface area contributed by atoms with Crippen LogP contribution in [-0.2, 0) is 6.42 Å². The highest BCUT2D eigenvalue weighted by Crippen LogP contribution is 2.30. The molecule has 0 aliphatic rings. The lowest BCUT2D eigenvalue weighted by Gasteiger charge is -2.30. The smallest absolute Gasteiger partial charge is 0.255 e. The topological polar surface area (TPSA) is 50.8 Å². The number of hydrogen-bond acceptors (Lipinski definition) is 4. The summed E-state index contributed by atoms with van der Waals surface area (Å²) < 4.78 is 10.7. The number of methoxy groups -OCH3 is 2. The van der Waals surface area contributed by atoms with Gasteiger partial charge in [-0.2, -0.15) is 0 Å². The average Bonchev–Trinajstić information content (AvgIpc) is 2.72. The van der Waals surface area contributed by atoms with Crippen LogP contribution in [0.4, 0.5) is 0 Å². The van der Waals surface area contributed by atoms with Crippen LogP contribution in [0.5, 0.6) is 11.5 Å². The predicted molar refractivity (Wildman–Crippen MR) is 109 cm³/mol. The molecule has 0 bridgehead atoms. The SMILES string of the molecule is CCN(CC)C(CNC(=O)c1cccc(OC)c1OC)Cc1ccccc1. The Labute approximate surface area is 162 Å². The minimum absolute atomic E-state index is 0.157. The maximum atomic E-state index is 12.8. The molecule has 1 unspecified atom stereocenters. The van der Waals surface area contributed by atoms with E-state index in [9.17, 15) is 4.79 Å². The van der Waals surface area contributed by atoms with Crippen LogP contribution in [0.15, 0.2) is 48.5 Å². The fourth-order valence-electron chi connectivity index (χ4n) is 3.33. The van der Waals surface area contributed by atoms with Crippen molar-refractivity contribution in [3.63, 3.8) is 0 Å². The quantitative estimate of drug-likeness (QED) is 0.697. The third kappa shape index (κ3) is 5.47. The van der Waals surface area contributed by atoms with Crippen LogP contribution in [0.1, 0.15) is 29.8 Å². The molecule has 0 aliphatic heterocycles. The van der Waals surface area contributed by atoms with Gasteiger partial charge < -0.3 is 14.8 Å². The summed E-state index contributed by atoms with van der Waals surface area (Å²) in [6.45, 7) is 6.73. The molecule has 5 nitrogen and oxygen atoms in total. The van der Waals surface area contributed by atoms with Gasteiger partial charge >= 0.3 is 0 Å². The van der Waals surface area contributed by atoms with Gasteiger partial charge in [-0.15, -0.1) is 0 Å². The van der Waals surface area contributed by atoms with Crippen molar-refractivity contribution < 1.29 is 14.3 Å². The van der Waals surface area contributed by atoms with Gasteiger partial charge in [0.25, 0.3) is 5.91 Å². The number of amides is 1. The number of carbonyl (C=O) groups excluding carboxylic acids is 1. The second-order valence-corrected chi connectivity index (χ2v) is 6.32. The third-order valence-corrected chi connectivity index (χ3v) is 4.79. The van der Waals surface area contributed by atoms with E-state index in [1.165, 1.54) is 5.56 Å². The van der Waals surface area contributed by atoms with Crippen LogP contribution in [-0.4, -0.2) is 50.7 Å². The number of likely N-dealkylation sites (N-methyl/N-ethyl adjacent to an activating group) is 1. The first-order valence-electron chi connectivity index (χ1n) is 9.41. The Bertz CT molecular complexity index is 715. The average molecular weight is 370 g/mol. The van der Waals surface area contributed by atoms with Crippen molar-refractivity contribution in [1.82, 2.24) is 10.2 Å². The van der Waals surface area contributed by atoms with Gasteiger partial charge in [0.15, 0.2) is 11.5 Å². The van der Waals surface area contributed by atoms with Gasteiger partial charge in [-0.1, -0.05) is 50.2 Å². The number of rotatable bonds is 10. The maximum absolute atomic E-state index is 12.8. The fourth-order valence-corrected chi connectivity index (χ4v) is 3.33. The third-order valence-electron chi connectivity index (χ3n) is 4.79. The molecule has 0 aromatic heterocycles. The molecule has 0 spiro atoms. The first kappa shape index (κ1) is 20.8. The molecule has 2 aromatic rings. The summed E-state index contributed by atoms with van der Waals surface area (Å²) in [6.07, 6.45) is 0.887. The summed E-state index contributed by atoms with van der Waals surface area (Å²) in [5.41, 5.74) is 1.75. The lowest BCUT2D eigenvalue weighted by Crippen LogP contribution is -2.45. The molecule has 1 atom stereocenters. The molecular weight excluding hydrogens is 340 g/mol. The number of nitrogens with zero attached hydrogens (tertiary/aromatic N) is 1. The summed E-state index contributed by atoms with van der Waals surface area (Å²) in [4.78, 5) is 15.2. The Morgan fingerprint density at radius 1 is 1.00 bits per heavy atom. The Morgan fingerprint density at radius 2 is 1.70 bits per heavy atom. The van der Waals surface area contributed by atoms with Gasteiger partial charge in [0.05, 0.1) is 19.8 Å². The van der Waals surface area contributed by atoms with Crippen LogP contribution < -0.4 is 14.8 Å². The highest BCUT2D eigenvalue weighted by Gasteiger charge is 2.20. The van der Waals surface area contributed by atoms with Gasteiger partial charge in [0.2, 0.25) is 0 Å². The number of nitrogens with one attached hydrogen (secondary N) is 1. The van der Waals surface area contributed by atoms with Crippen molar-refractivity contribution in [3.05, 3.63) is 59.7 Å². The van der Waals surface area contributed by atoms with Crippen molar-refractivity contribution >= 4 is 5.91 Å². The maximum Gasteiger partial charge on any atom is 0.255 e. The van der Waals surface area contributed by atoms with E-state index in [4.69, 9.17) is 9.47 Å². The van der Waals surface area contributed by atoms with Crippen molar-refractivity contribution in [2.75, 3.05) is 33.9 Å². The van der Waals surface area contributed by atoms with E-state index in [1.54, 1.807) is 32.4 Å². The molecule has 5 heteroatoms. The van der Waals surface area contributed by atoms with Crippen molar-refractivity contribution in [1.29, 1.82) is 0 Å². The van der Waals surface area contributed by atoms with Crippen LogP contribution in [0.3, 0.4) is 0 Å². The molecule has 0 radical (unpaired) electrons. The largest absolute Gasteiger partial charge is 0.493 e. The normalized spacial score (nSPS) is 11.9. The molecule has 0 heterocycles. The van der Waals surface area contributed by atoms with Crippen LogP contribution in [0.25, 0.3) is 0 Å². The Balaban J connectivity index is 2.13. The van der Waals surface area contributed by atoms with Gasteiger partial charge in [-0.3, -0.25) is 9.69 Å². The van der Waals surface area contributed by atoms with Crippen molar-refractivity contribution in [2.24, 2.45) is 0 Å². The highest BCUT2D eigenvalue weighted by molar-refractivity contribution is 5.97. The fraction of sp³-hybridized carbons (Fsp3) is 0.409. The lowest BCUT2D eigenvalue weighted by molar-refractivity contribution is 0.0931. The van der Waals surface area contributed by atoms with Gasteiger partial charge in [0.1, 0.15) is 0 Å². The zero-order chi connectivity index (χ0) is 19.6. The Hall–Kier alpha value is -2.53. The summed E-state index contributed by atoms with van der Waals surface area (Å²) >= 11 is 0. The number of para-hydroxylation sites is 1. The summed E-state index contributed by atoms with van der Waals surface area (Å²) in [7, 11) is 3.11. The second kappa shape index (κ2) is 10.6. The first-order chi connectivity index (χ1) is 13.1. The standard InChI is InChI=1S/C22H30N2O3/c1-5-24(6-2)18(15-17-11-8-7-9-12-17)16-23-22(25)19-13-10-14-20(26-3)21(19)27-4/h7-14,18H,5-6,15-16H2,1-4H3,(H,23,25). The lowest BCUT2D eigenvalue weighted by atomic mass is 10.0. The highest BCUT2D eigenvalue weighted by atomic mass is 16.5. The predicted octanol–water partition coefficient (Wildman–Crippen LogP) is 3.39. The van der Waals surface area contributed by atoms with E-state index in [0.29, 0.717) is 23.6 Å². The molecule has 0 saturated carbocycles.